The lowest BCUT2D eigenvalue weighted by molar-refractivity contribution is 0.215. The van der Waals surface area contributed by atoms with Crippen LogP contribution in [0.2, 0.25) is 5.02 Å². The van der Waals surface area contributed by atoms with Gasteiger partial charge in [-0.25, -0.2) is 4.98 Å². The van der Waals surface area contributed by atoms with Crippen LogP contribution < -0.4 is 11.1 Å². The van der Waals surface area contributed by atoms with Crippen LogP contribution in [0.5, 0.6) is 0 Å². The van der Waals surface area contributed by atoms with E-state index < -0.39 is 0 Å². The summed E-state index contributed by atoms with van der Waals surface area (Å²) in [6.07, 6.45) is 8.09. The van der Waals surface area contributed by atoms with Crippen molar-refractivity contribution in [3.05, 3.63) is 23.4 Å². The zero-order valence-electron chi connectivity index (χ0n) is 10.1. The molecule has 1 saturated carbocycles. The highest BCUT2D eigenvalue weighted by Crippen LogP contribution is 2.35. The van der Waals surface area contributed by atoms with E-state index in [0.29, 0.717) is 5.02 Å². The molecule has 94 valence electrons. The number of pyridine rings is 1. The van der Waals surface area contributed by atoms with Gasteiger partial charge in [0.2, 0.25) is 0 Å². The van der Waals surface area contributed by atoms with Crippen molar-refractivity contribution < 1.29 is 0 Å². The number of hydrogen-bond acceptors (Lipinski definition) is 3. The van der Waals surface area contributed by atoms with E-state index in [1.165, 1.54) is 32.1 Å². The summed E-state index contributed by atoms with van der Waals surface area (Å²) >= 11 is 6.07. The van der Waals surface area contributed by atoms with E-state index >= 15 is 0 Å². The Hall–Kier alpha value is -0.800. The topological polar surface area (TPSA) is 50.9 Å². The molecule has 0 saturated heterocycles. The predicted molar refractivity (Wildman–Crippen MR) is 72.3 cm³/mol. The van der Waals surface area contributed by atoms with Gasteiger partial charge < -0.3 is 11.1 Å². The fourth-order valence-electron chi connectivity index (χ4n) is 2.54. The highest BCUT2D eigenvalue weighted by atomic mass is 35.5. The average Bonchev–Trinajstić information content (AvgIpc) is 2.39. The van der Waals surface area contributed by atoms with Crippen LogP contribution >= 0.6 is 11.6 Å². The van der Waals surface area contributed by atoms with Gasteiger partial charge in [0, 0.05) is 12.7 Å². The zero-order valence-corrected chi connectivity index (χ0v) is 10.8. The smallest absolute Gasteiger partial charge is 0.144 e. The van der Waals surface area contributed by atoms with Crippen LogP contribution in [0.3, 0.4) is 0 Å². The normalized spacial score (nSPS) is 18.9. The summed E-state index contributed by atoms with van der Waals surface area (Å²) in [5, 5.41) is 4.03. The fraction of sp³-hybridized carbons (Fsp3) is 0.615. The Balaban J connectivity index is 1.98. The van der Waals surface area contributed by atoms with Crippen molar-refractivity contribution >= 4 is 17.4 Å². The fourth-order valence-corrected chi connectivity index (χ4v) is 2.73. The maximum absolute atomic E-state index is 6.07. The highest BCUT2D eigenvalue weighted by molar-refractivity contribution is 6.32. The molecule has 1 fully saturated rings. The summed E-state index contributed by atoms with van der Waals surface area (Å²) in [7, 11) is 0. The van der Waals surface area contributed by atoms with E-state index in [1.807, 2.05) is 12.1 Å². The quantitative estimate of drug-likeness (QED) is 0.867. The van der Waals surface area contributed by atoms with Gasteiger partial charge in [-0.2, -0.15) is 0 Å². The lowest BCUT2D eigenvalue weighted by Crippen LogP contribution is -2.39. The monoisotopic (exact) mass is 253 g/mol. The van der Waals surface area contributed by atoms with Gasteiger partial charge >= 0.3 is 0 Å². The Morgan fingerprint density at radius 2 is 2.12 bits per heavy atom. The second-order valence-electron chi connectivity index (χ2n) is 4.95. The van der Waals surface area contributed by atoms with Crippen molar-refractivity contribution in [3.63, 3.8) is 0 Å². The molecule has 1 aromatic heterocycles. The molecule has 0 spiro atoms. The molecule has 3 nitrogen and oxygen atoms in total. The standard InChI is InChI=1S/C13H20ClN3/c14-11-5-4-8-16-12(11)17-10-13(9-15)6-2-1-3-7-13/h4-5,8H,1-3,6-7,9-10,15H2,(H,16,17). The summed E-state index contributed by atoms with van der Waals surface area (Å²) in [6, 6.07) is 3.69. The van der Waals surface area contributed by atoms with Gasteiger partial charge in [-0.05, 0) is 36.9 Å². The number of nitrogens with one attached hydrogen (secondary N) is 1. The molecule has 1 aliphatic carbocycles. The Labute approximate surface area is 108 Å². The number of halogens is 1. The van der Waals surface area contributed by atoms with Gasteiger partial charge in [-0.1, -0.05) is 30.9 Å². The minimum absolute atomic E-state index is 0.235. The summed E-state index contributed by atoms with van der Waals surface area (Å²) in [4.78, 5) is 4.24. The highest BCUT2D eigenvalue weighted by Gasteiger charge is 2.30. The van der Waals surface area contributed by atoms with Gasteiger partial charge in [0.15, 0.2) is 0 Å². The van der Waals surface area contributed by atoms with Crippen LogP contribution in [-0.4, -0.2) is 18.1 Å². The Morgan fingerprint density at radius 3 is 2.76 bits per heavy atom. The number of nitrogens with two attached hydrogens (primary N) is 1. The van der Waals surface area contributed by atoms with Gasteiger partial charge in [0.1, 0.15) is 5.82 Å². The van der Waals surface area contributed by atoms with Crippen molar-refractivity contribution in [2.45, 2.75) is 32.1 Å². The van der Waals surface area contributed by atoms with E-state index in [1.54, 1.807) is 6.20 Å². The summed E-state index contributed by atoms with van der Waals surface area (Å²) < 4.78 is 0. The maximum Gasteiger partial charge on any atom is 0.144 e. The molecule has 0 amide bonds. The molecule has 2 rings (SSSR count). The third-order valence-electron chi connectivity index (χ3n) is 3.74. The average molecular weight is 254 g/mol. The van der Waals surface area contributed by atoms with Crippen LogP contribution in [0, 0.1) is 5.41 Å². The Kier molecular flexibility index (Phi) is 4.24. The van der Waals surface area contributed by atoms with Crippen LogP contribution in [0.1, 0.15) is 32.1 Å². The van der Waals surface area contributed by atoms with Crippen LogP contribution in [-0.2, 0) is 0 Å². The van der Waals surface area contributed by atoms with E-state index in [-0.39, 0.29) is 5.41 Å². The lowest BCUT2D eigenvalue weighted by atomic mass is 9.74. The molecule has 4 heteroatoms. The van der Waals surface area contributed by atoms with Crippen molar-refractivity contribution in [2.75, 3.05) is 18.4 Å². The largest absolute Gasteiger partial charge is 0.368 e. The first kappa shape index (κ1) is 12.7. The maximum atomic E-state index is 6.07. The molecule has 3 N–H and O–H groups in total. The summed E-state index contributed by atoms with van der Waals surface area (Å²) in [6.45, 7) is 1.62. The van der Waals surface area contributed by atoms with Crippen LogP contribution in [0.4, 0.5) is 5.82 Å². The molecule has 0 aliphatic heterocycles. The molecule has 0 atom stereocenters. The van der Waals surface area contributed by atoms with Crippen molar-refractivity contribution in [1.82, 2.24) is 4.98 Å². The van der Waals surface area contributed by atoms with Crippen molar-refractivity contribution in [3.8, 4) is 0 Å². The van der Waals surface area contributed by atoms with Gasteiger partial charge in [-0.15, -0.1) is 0 Å². The Morgan fingerprint density at radius 1 is 1.35 bits per heavy atom. The molecular weight excluding hydrogens is 234 g/mol. The molecule has 0 aromatic carbocycles. The predicted octanol–water partition coefficient (Wildman–Crippen LogP) is 3.06. The Bertz CT molecular complexity index is 361. The van der Waals surface area contributed by atoms with E-state index in [0.717, 1.165) is 18.9 Å². The first-order valence-electron chi connectivity index (χ1n) is 6.30. The van der Waals surface area contributed by atoms with Crippen LogP contribution in [0.25, 0.3) is 0 Å². The zero-order chi connectivity index (χ0) is 12.1. The SMILES string of the molecule is NCC1(CNc2ncccc2Cl)CCCCC1. The molecular formula is C13H20ClN3. The third kappa shape index (κ3) is 3.11. The number of aromatic nitrogens is 1. The number of anilines is 1. The summed E-state index contributed by atoms with van der Waals surface area (Å²) in [5.74, 6) is 0.771. The molecule has 0 radical (unpaired) electrons. The van der Waals surface area contributed by atoms with Gasteiger partial charge in [-0.3, -0.25) is 0 Å². The summed E-state index contributed by atoms with van der Waals surface area (Å²) in [5.41, 5.74) is 6.18. The van der Waals surface area contributed by atoms with Crippen LogP contribution in [0.15, 0.2) is 18.3 Å². The van der Waals surface area contributed by atoms with E-state index in [2.05, 4.69) is 10.3 Å². The molecule has 0 bridgehead atoms. The second kappa shape index (κ2) is 5.69. The number of rotatable bonds is 4. The second-order valence-corrected chi connectivity index (χ2v) is 5.36. The molecule has 0 unspecified atom stereocenters. The van der Waals surface area contributed by atoms with E-state index in [9.17, 15) is 0 Å². The molecule has 1 aliphatic rings. The minimum Gasteiger partial charge on any atom is -0.368 e. The van der Waals surface area contributed by atoms with E-state index in [4.69, 9.17) is 17.3 Å². The third-order valence-corrected chi connectivity index (χ3v) is 4.04. The lowest BCUT2D eigenvalue weighted by Gasteiger charge is -2.36. The molecule has 1 aromatic rings. The van der Waals surface area contributed by atoms with Crippen molar-refractivity contribution in [1.29, 1.82) is 0 Å². The number of hydrogen-bond donors (Lipinski definition) is 2. The molecule has 1 heterocycles. The van der Waals surface area contributed by atoms with Gasteiger partial charge in [0.05, 0.1) is 5.02 Å². The molecule has 17 heavy (non-hydrogen) atoms. The minimum atomic E-state index is 0.235. The first-order valence-corrected chi connectivity index (χ1v) is 6.68. The van der Waals surface area contributed by atoms with Gasteiger partial charge in [0.25, 0.3) is 0 Å². The van der Waals surface area contributed by atoms with Crippen molar-refractivity contribution in [2.24, 2.45) is 11.1 Å². The first-order chi connectivity index (χ1) is 8.26. The number of nitrogens with zero attached hydrogens (tertiary/aromatic N) is 1.